The fourth-order valence-electron chi connectivity index (χ4n) is 2.24. The molecule has 3 nitrogen and oxygen atoms in total. The van der Waals surface area contributed by atoms with Gasteiger partial charge < -0.3 is 4.90 Å². The Balaban J connectivity index is 2.89. The number of hydrogen-bond donors (Lipinski definition) is 2. The molecule has 1 atom stereocenters. The summed E-state index contributed by atoms with van der Waals surface area (Å²) < 4.78 is 0. The first-order chi connectivity index (χ1) is 8.13. The second-order valence-electron chi connectivity index (χ2n) is 4.71. The molecule has 1 rings (SSSR count). The van der Waals surface area contributed by atoms with Gasteiger partial charge in [0.25, 0.3) is 0 Å². The molecule has 0 saturated carbocycles. The Bertz CT molecular complexity index is 315. The van der Waals surface area contributed by atoms with Crippen LogP contribution in [-0.4, -0.2) is 14.1 Å². The number of nitrogens with one attached hydrogen (secondary N) is 1. The Hall–Kier alpha value is -1.06. The molecule has 0 fully saturated rings. The maximum Gasteiger partial charge on any atom is 0.0487 e. The summed E-state index contributed by atoms with van der Waals surface area (Å²) in [4.78, 5) is 2.10. The normalized spacial score (nSPS) is 12.8. The van der Waals surface area contributed by atoms with Gasteiger partial charge in [-0.1, -0.05) is 38.8 Å². The van der Waals surface area contributed by atoms with Crippen LogP contribution in [0, 0.1) is 5.92 Å². The van der Waals surface area contributed by atoms with Crippen molar-refractivity contribution in [2.75, 3.05) is 19.0 Å². The van der Waals surface area contributed by atoms with Crippen molar-refractivity contribution in [3.63, 3.8) is 0 Å². The van der Waals surface area contributed by atoms with Gasteiger partial charge in [-0.2, -0.15) is 0 Å². The molecule has 1 aromatic carbocycles. The maximum absolute atomic E-state index is 5.69. The molecule has 0 heterocycles. The third-order valence-electron chi connectivity index (χ3n) is 3.47. The number of rotatable bonds is 6. The minimum absolute atomic E-state index is 0.251. The molecule has 0 aliphatic rings. The van der Waals surface area contributed by atoms with E-state index in [1.165, 1.54) is 11.3 Å². The van der Waals surface area contributed by atoms with Crippen molar-refractivity contribution in [3.05, 3.63) is 29.8 Å². The molecule has 1 aromatic rings. The Labute approximate surface area is 105 Å². The molecule has 0 saturated heterocycles. The first kappa shape index (κ1) is 14.0. The quantitative estimate of drug-likeness (QED) is 0.588. The molecule has 0 radical (unpaired) electrons. The van der Waals surface area contributed by atoms with E-state index >= 15 is 0 Å². The van der Waals surface area contributed by atoms with E-state index in [4.69, 9.17) is 5.84 Å². The summed E-state index contributed by atoms with van der Waals surface area (Å²) in [7, 11) is 4.10. The van der Waals surface area contributed by atoms with Crippen molar-refractivity contribution in [1.82, 2.24) is 5.43 Å². The molecule has 0 aliphatic heterocycles. The van der Waals surface area contributed by atoms with E-state index in [1.807, 2.05) is 0 Å². The molecule has 96 valence electrons. The second kappa shape index (κ2) is 6.62. The van der Waals surface area contributed by atoms with Crippen LogP contribution < -0.4 is 16.2 Å². The summed E-state index contributed by atoms with van der Waals surface area (Å²) in [5, 5.41) is 0. The van der Waals surface area contributed by atoms with Crippen LogP contribution in [0.3, 0.4) is 0 Å². The number of hydrogen-bond acceptors (Lipinski definition) is 3. The van der Waals surface area contributed by atoms with E-state index in [1.54, 1.807) is 0 Å². The molecule has 17 heavy (non-hydrogen) atoms. The minimum atomic E-state index is 0.251. The molecule has 0 bridgehead atoms. The number of nitrogens with zero attached hydrogens (tertiary/aromatic N) is 1. The van der Waals surface area contributed by atoms with E-state index in [-0.39, 0.29) is 6.04 Å². The highest BCUT2D eigenvalue weighted by Gasteiger charge is 2.18. The van der Waals surface area contributed by atoms with Crippen LogP contribution in [0.4, 0.5) is 5.69 Å². The Morgan fingerprint density at radius 2 is 1.65 bits per heavy atom. The predicted octanol–water partition coefficient (Wildman–Crippen LogP) is 2.69. The lowest BCUT2D eigenvalue weighted by atomic mass is 9.89. The number of benzene rings is 1. The molecule has 3 heteroatoms. The summed E-state index contributed by atoms with van der Waals surface area (Å²) in [5.74, 6) is 6.28. The van der Waals surface area contributed by atoms with Crippen molar-refractivity contribution in [3.8, 4) is 0 Å². The van der Waals surface area contributed by atoms with Gasteiger partial charge >= 0.3 is 0 Å². The predicted molar refractivity (Wildman–Crippen MR) is 74.9 cm³/mol. The van der Waals surface area contributed by atoms with E-state index in [0.29, 0.717) is 5.92 Å². The van der Waals surface area contributed by atoms with Gasteiger partial charge in [0, 0.05) is 25.8 Å². The van der Waals surface area contributed by atoms with Gasteiger partial charge in [-0.05, 0) is 23.6 Å². The molecular weight excluding hydrogens is 210 g/mol. The molecule has 0 amide bonds. The average molecular weight is 235 g/mol. The highest BCUT2D eigenvalue weighted by Crippen LogP contribution is 2.27. The maximum atomic E-state index is 5.69. The molecule has 0 aromatic heterocycles. The van der Waals surface area contributed by atoms with Crippen LogP contribution in [0.25, 0.3) is 0 Å². The number of hydrazine groups is 1. The van der Waals surface area contributed by atoms with Crippen LogP contribution in [0.5, 0.6) is 0 Å². The molecule has 0 spiro atoms. The largest absolute Gasteiger partial charge is 0.378 e. The summed E-state index contributed by atoms with van der Waals surface area (Å²) in [6, 6.07) is 8.86. The van der Waals surface area contributed by atoms with E-state index in [9.17, 15) is 0 Å². The molecule has 1 unspecified atom stereocenters. The zero-order chi connectivity index (χ0) is 12.8. The van der Waals surface area contributed by atoms with E-state index in [0.717, 1.165) is 12.8 Å². The summed E-state index contributed by atoms with van der Waals surface area (Å²) in [6.07, 6.45) is 2.28. The Morgan fingerprint density at radius 1 is 1.12 bits per heavy atom. The Morgan fingerprint density at radius 3 is 2.00 bits per heavy atom. The lowest BCUT2D eigenvalue weighted by Gasteiger charge is -2.25. The van der Waals surface area contributed by atoms with Gasteiger partial charge in [0.15, 0.2) is 0 Å². The van der Waals surface area contributed by atoms with Gasteiger partial charge in [0.05, 0.1) is 0 Å². The topological polar surface area (TPSA) is 41.3 Å². The zero-order valence-corrected chi connectivity index (χ0v) is 11.4. The lowest BCUT2D eigenvalue weighted by molar-refractivity contribution is 0.345. The first-order valence-electron chi connectivity index (χ1n) is 6.37. The van der Waals surface area contributed by atoms with E-state index in [2.05, 4.69) is 62.5 Å². The monoisotopic (exact) mass is 235 g/mol. The zero-order valence-electron chi connectivity index (χ0n) is 11.4. The summed E-state index contributed by atoms with van der Waals surface area (Å²) in [5.41, 5.74) is 5.44. The average Bonchev–Trinajstić information content (AvgIpc) is 2.36. The highest BCUT2D eigenvalue weighted by atomic mass is 15.2. The third-order valence-corrected chi connectivity index (χ3v) is 3.47. The fraction of sp³-hybridized carbons (Fsp3) is 0.571. The van der Waals surface area contributed by atoms with Crippen molar-refractivity contribution < 1.29 is 0 Å². The second-order valence-corrected chi connectivity index (χ2v) is 4.71. The van der Waals surface area contributed by atoms with Crippen LogP contribution >= 0.6 is 0 Å². The van der Waals surface area contributed by atoms with Crippen molar-refractivity contribution >= 4 is 5.69 Å². The molecule has 0 aliphatic carbocycles. The summed E-state index contributed by atoms with van der Waals surface area (Å²) in [6.45, 7) is 4.43. The van der Waals surface area contributed by atoms with Crippen molar-refractivity contribution in [2.24, 2.45) is 11.8 Å². The van der Waals surface area contributed by atoms with Crippen molar-refractivity contribution in [1.29, 1.82) is 0 Å². The van der Waals surface area contributed by atoms with Crippen LogP contribution in [0.1, 0.15) is 38.3 Å². The van der Waals surface area contributed by atoms with Gasteiger partial charge in [-0.15, -0.1) is 0 Å². The van der Waals surface area contributed by atoms with Gasteiger partial charge in [0.1, 0.15) is 0 Å². The minimum Gasteiger partial charge on any atom is -0.378 e. The molecular formula is C14H25N3. The molecule has 3 N–H and O–H groups in total. The SMILES string of the molecule is CCC(CC)C(NN)c1ccc(N(C)C)cc1. The van der Waals surface area contributed by atoms with E-state index < -0.39 is 0 Å². The number of anilines is 1. The lowest BCUT2D eigenvalue weighted by Crippen LogP contribution is -2.33. The van der Waals surface area contributed by atoms with Crippen molar-refractivity contribution in [2.45, 2.75) is 32.7 Å². The van der Waals surface area contributed by atoms with Crippen LogP contribution in [0.15, 0.2) is 24.3 Å². The fourth-order valence-corrected chi connectivity index (χ4v) is 2.24. The van der Waals surface area contributed by atoms with Gasteiger partial charge in [-0.3, -0.25) is 11.3 Å². The van der Waals surface area contributed by atoms with Gasteiger partial charge in [0.2, 0.25) is 0 Å². The Kier molecular flexibility index (Phi) is 5.45. The summed E-state index contributed by atoms with van der Waals surface area (Å²) >= 11 is 0. The standard InChI is InChI=1S/C14H25N3/c1-5-11(6-2)14(16-15)12-7-9-13(10-8-12)17(3)4/h7-11,14,16H,5-6,15H2,1-4H3. The number of nitrogens with two attached hydrogens (primary N) is 1. The highest BCUT2D eigenvalue weighted by molar-refractivity contribution is 5.46. The third kappa shape index (κ3) is 3.45. The smallest absolute Gasteiger partial charge is 0.0487 e. The van der Waals surface area contributed by atoms with Crippen LogP contribution in [-0.2, 0) is 0 Å². The first-order valence-corrected chi connectivity index (χ1v) is 6.37. The van der Waals surface area contributed by atoms with Gasteiger partial charge in [-0.25, -0.2) is 0 Å². The van der Waals surface area contributed by atoms with Crippen LogP contribution in [0.2, 0.25) is 0 Å².